The maximum Gasteiger partial charge on any atom is 0.327 e. The molecular weight excluding hydrogens is 476 g/mol. The van der Waals surface area contributed by atoms with E-state index in [1.54, 1.807) is 68.6 Å². The van der Waals surface area contributed by atoms with Crippen molar-refractivity contribution in [2.75, 3.05) is 37.6 Å². The highest BCUT2D eigenvalue weighted by molar-refractivity contribution is 6.02. The largest absolute Gasteiger partial charge is 0.493 e. The Labute approximate surface area is 207 Å². The molecule has 0 saturated heterocycles. The first-order valence-electron chi connectivity index (χ1n) is 10.5. The maximum atomic E-state index is 12.8. The van der Waals surface area contributed by atoms with Crippen LogP contribution in [0.3, 0.4) is 0 Å². The number of anilines is 2. The van der Waals surface area contributed by atoms with Crippen molar-refractivity contribution in [3.05, 3.63) is 54.4 Å². The Morgan fingerprint density at radius 3 is 2.60 bits per heavy atom. The van der Waals surface area contributed by atoms with Gasteiger partial charge in [0.05, 0.1) is 32.0 Å². The van der Waals surface area contributed by atoms with Gasteiger partial charge in [-0.05, 0) is 31.2 Å². The average Bonchev–Trinajstić information content (AvgIpc) is 3.27. The number of rotatable bonds is 5. The Hall–Kier alpha value is -4.18. The molecule has 1 aliphatic rings. The Kier molecular flexibility index (Phi) is 6.83. The molecule has 2 amide bonds. The number of amides is 2. The summed E-state index contributed by atoms with van der Waals surface area (Å²) < 4.78 is 27.8. The van der Waals surface area contributed by atoms with Gasteiger partial charge in [-0.25, -0.2) is 4.79 Å². The molecule has 3 heterocycles. The van der Waals surface area contributed by atoms with E-state index < -0.39 is 0 Å². The van der Waals surface area contributed by atoms with E-state index in [1.165, 1.54) is 0 Å². The molecular formula is C24H23ClN4O6. The number of pyridine rings is 1. The highest BCUT2D eigenvalue weighted by Crippen LogP contribution is 2.40. The number of urea groups is 1. The van der Waals surface area contributed by atoms with Gasteiger partial charge in [0.15, 0.2) is 17.3 Å². The van der Waals surface area contributed by atoms with Crippen molar-refractivity contribution in [1.29, 1.82) is 0 Å². The number of hydrogen-bond donors (Lipinski definition) is 1. The standard InChI is InChI=1S/C24H22N4O6.ClH/c1-14-10-23(27-34-14)26-24(29)28-8-9-32-20-11-15(4-5-18(20)28)33-19-6-7-25-17-13-22(31-3)21(30-2)12-16(17)19;/h4-7,10-13H,8-9H2,1-3H3,(H,26,27,29);1H. The molecule has 35 heavy (non-hydrogen) atoms. The number of ether oxygens (including phenoxy) is 4. The Morgan fingerprint density at radius 1 is 1.06 bits per heavy atom. The van der Waals surface area contributed by atoms with Gasteiger partial charge >= 0.3 is 6.03 Å². The van der Waals surface area contributed by atoms with E-state index in [9.17, 15) is 4.79 Å². The average molecular weight is 499 g/mol. The van der Waals surface area contributed by atoms with E-state index in [4.69, 9.17) is 23.5 Å². The molecule has 0 bridgehead atoms. The minimum atomic E-state index is -0.326. The third-order valence-corrected chi connectivity index (χ3v) is 5.34. The van der Waals surface area contributed by atoms with Crippen molar-refractivity contribution in [2.45, 2.75) is 6.92 Å². The number of benzene rings is 2. The number of carbonyl (C=O) groups excluding carboxylic acids is 1. The molecule has 182 valence electrons. The van der Waals surface area contributed by atoms with E-state index in [-0.39, 0.29) is 18.4 Å². The molecule has 0 unspecified atom stereocenters. The predicted molar refractivity (Wildman–Crippen MR) is 132 cm³/mol. The number of halogens is 1. The second kappa shape index (κ2) is 9.98. The van der Waals surface area contributed by atoms with Crippen LogP contribution in [0.1, 0.15) is 5.76 Å². The van der Waals surface area contributed by atoms with Gasteiger partial charge in [-0.2, -0.15) is 0 Å². The molecule has 1 N–H and O–H groups in total. The topological polar surface area (TPSA) is 108 Å². The van der Waals surface area contributed by atoms with Crippen LogP contribution in [0.2, 0.25) is 0 Å². The molecule has 2 aromatic carbocycles. The Bertz CT molecular complexity index is 1380. The highest BCUT2D eigenvalue weighted by atomic mass is 35.5. The zero-order valence-electron chi connectivity index (χ0n) is 19.2. The van der Waals surface area contributed by atoms with Crippen LogP contribution in [-0.2, 0) is 0 Å². The lowest BCUT2D eigenvalue weighted by atomic mass is 10.1. The summed E-state index contributed by atoms with van der Waals surface area (Å²) in [4.78, 5) is 18.8. The van der Waals surface area contributed by atoms with Crippen molar-refractivity contribution in [2.24, 2.45) is 0 Å². The second-order valence-corrected chi connectivity index (χ2v) is 7.52. The van der Waals surface area contributed by atoms with Crippen LogP contribution in [-0.4, -0.2) is 43.5 Å². The van der Waals surface area contributed by atoms with E-state index in [0.717, 1.165) is 5.39 Å². The number of aryl methyl sites for hydroxylation is 1. The summed E-state index contributed by atoms with van der Waals surface area (Å²) in [6, 6.07) is 12.0. The lowest BCUT2D eigenvalue weighted by Crippen LogP contribution is -2.40. The number of hydrogen-bond acceptors (Lipinski definition) is 8. The van der Waals surface area contributed by atoms with Crippen LogP contribution < -0.4 is 29.2 Å². The highest BCUT2D eigenvalue weighted by Gasteiger charge is 2.25. The molecule has 0 atom stereocenters. The molecule has 0 aliphatic carbocycles. The Balaban J connectivity index is 0.00000289. The predicted octanol–water partition coefficient (Wildman–Crippen LogP) is 5.19. The molecule has 0 spiro atoms. The molecule has 4 aromatic rings. The van der Waals surface area contributed by atoms with E-state index in [2.05, 4.69) is 15.5 Å². The van der Waals surface area contributed by atoms with E-state index in [1.807, 2.05) is 6.07 Å². The van der Waals surface area contributed by atoms with Crippen LogP contribution in [0, 0.1) is 6.92 Å². The number of fused-ring (bicyclic) bond motifs is 2. The number of carbonyl (C=O) groups is 1. The summed E-state index contributed by atoms with van der Waals surface area (Å²) in [6.45, 7) is 2.50. The quantitative estimate of drug-likeness (QED) is 0.400. The minimum absolute atomic E-state index is 0. The Morgan fingerprint density at radius 2 is 1.86 bits per heavy atom. The van der Waals surface area contributed by atoms with Crippen molar-refractivity contribution < 1.29 is 28.3 Å². The summed E-state index contributed by atoms with van der Waals surface area (Å²) in [5.41, 5.74) is 1.33. The van der Waals surface area contributed by atoms with Crippen molar-refractivity contribution in [1.82, 2.24) is 10.1 Å². The van der Waals surface area contributed by atoms with Crippen molar-refractivity contribution in [3.8, 4) is 28.7 Å². The van der Waals surface area contributed by atoms with Gasteiger partial charge in [0.2, 0.25) is 0 Å². The van der Waals surface area contributed by atoms with E-state index in [0.29, 0.717) is 64.7 Å². The summed E-state index contributed by atoms with van der Waals surface area (Å²) in [5.74, 6) is 3.80. The summed E-state index contributed by atoms with van der Waals surface area (Å²) >= 11 is 0. The lowest BCUT2D eigenvalue weighted by molar-refractivity contribution is 0.249. The number of nitrogens with one attached hydrogen (secondary N) is 1. The normalized spacial score (nSPS) is 12.3. The van der Waals surface area contributed by atoms with Gasteiger partial charge in [-0.3, -0.25) is 15.2 Å². The van der Waals surface area contributed by atoms with Crippen molar-refractivity contribution >= 4 is 40.8 Å². The smallest absolute Gasteiger partial charge is 0.327 e. The molecule has 2 aromatic heterocycles. The molecule has 0 saturated carbocycles. The molecule has 10 nitrogen and oxygen atoms in total. The molecule has 5 rings (SSSR count). The fourth-order valence-corrected chi connectivity index (χ4v) is 3.74. The van der Waals surface area contributed by atoms with Gasteiger partial charge in [-0.1, -0.05) is 5.16 Å². The van der Waals surface area contributed by atoms with Crippen LogP contribution in [0.5, 0.6) is 28.7 Å². The zero-order chi connectivity index (χ0) is 23.7. The van der Waals surface area contributed by atoms with E-state index >= 15 is 0 Å². The maximum absolute atomic E-state index is 12.8. The summed E-state index contributed by atoms with van der Waals surface area (Å²) in [7, 11) is 3.15. The van der Waals surface area contributed by atoms with Crippen LogP contribution in [0.4, 0.5) is 16.3 Å². The van der Waals surface area contributed by atoms with Crippen LogP contribution >= 0.6 is 12.4 Å². The third-order valence-electron chi connectivity index (χ3n) is 5.34. The van der Waals surface area contributed by atoms with Gasteiger partial charge in [0, 0.05) is 29.8 Å². The number of aromatic nitrogens is 2. The number of methoxy groups -OCH3 is 2. The first-order valence-corrected chi connectivity index (χ1v) is 10.5. The number of nitrogens with zero attached hydrogens (tertiary/aromatic N) is 3. The molecule has 1 aliphatic heterocycles. The van der Waals surface area contributed by atoms with Crippen LogP contribution in [0.15, 0.2) is 53.2 Å². The van der Waals surface area contributed by atoms with Crippen molar-refractivity contribution in [3.63, 3.8) is 0 Å². The summed E-state index contributed by atoms with van der Waals surface area (Å²) in [5, 5.41) is 7.31. The zero-order valence-corrected chi connectivity index (χ0v) is 20.0. The molecule has 11 heteroatoms. The first-order chi connectivity index (χ1) is 16.6. The van der Waals surface area contributed by atoms with Crippen LogP contribution in [0.25, 0.3) is 10.9 Å². The molecule has 0 radical (unpaired) electrons. The lowest BCUT2D eigenvalue weighted by Gasteiger charge is -2.29. The van der Waals surface area contributed by atoms with Gasteiger partial charge in [-0.15, -0.1) is 12.4 Å². The van der Waals surface area contributed by atoms with Gasteiger partial charge < -0.3 is 23.5 Å². The SMILES string of the molecule is COc1cc2nccc(Oc3ccc4c(c3)OCCN4C(=O)Nc3cc(C)on3)c2cc1OC.Cl. The summed E-state index contributed by atoms with van der Waals surface area (Å²) in [6.07, 6.45) is 1.66. The third kappa shape index (κ3) is 4.73. The fourth-order valence-electron chi connectivity index (χ4n) is 3.74. The second-order valence-electron chi connectivity index (χ2n) is 7.52. The molecule has 0 fully saturated rings. The van der Waals surface area contributed by atoms with Gasteiger partial charge in [0.25, 0.3) is 0 Å². The first kappa shape index (κ1) is 24.0. The van der Waals surface area contributed by atoms with Gasteiger partial charge in [0.1, 0.15) is 29.6 Å². The minimum Gasteiger partial charge on any atom is -0.493 e. The monoisotopic (exact) mass is 498 g/mol. The fraction of sp³-hybridized carbons (Fsp3) is 0.208.